The Morgan fingerprint density at radius 2 is 1.68 bits per heavy atom. The van der Waals surface area contributed by atoms with Gasteiger partial charge >= 0.3 is 5.97 Å². The summed E-state index contributed by atoms with van der Waals surface area (Å²) in [6.45, 7) is 25.7. The Hall–Kier alpha value is -0.896. The average molecular weight is 595 g/mol. The zero-order valence-electron chi connectivity index (χ0n) is 28.0. The van der Waals surface area contributed by atoms with Crippen molar-refractivity contribution in [2.45, 2.75) is 161 Å². The number of hydrogen-bond donors (Lipinski definition) is 0. The molecule has 5 atom stereocenters. The molecule has 5 nitrogen and oxygen atoms in total. The minimum Gasteiger partial charge on any atom is -0.495 e. The minimum atomic E-state index is -1.93. The molecule has 0 amide bonds. The monoisotopic (exact) mass is 594 g/mol. The molecule has 40 heavy (non-hydrogen) atoms. The van der Waals surface area contributed by atoms with E-state index in [9.17, 15) is 4.79 Å². The number of ether oxygens (including phenoxy) is 2. The van der Waals surface area contributed by atoms with Crippen LogP contribution in [-0.4, -0.2) is 48.0 Å². The second-order valence-electron chi connectivity index (χ2n) is 15.2. The molecule has 1 aliphatic heterocycles. The molecule has 1 saturated heterocycles. The number of allylic oxidation sites excluding steroid dienone is 2. The largest absolute Gasteiger partial charge is 0.495 e. The number of hydrogen-bond acceptors (Lipinski definition) is 5. The fourth-order valence-electron chi connectivity index (χ4n) is 5.25. The average Bonchev–Trinajstić information content (AvgIpc) is 3.35. The van der Waals surface area contributed by atoms with E-state index < -0.39 is 16.6 Å². The number of fused-ring (bicyclic) bond motifs is 1. The van der Waals surface area contributed by atoms with Crippen LogP contribution in [0.25, 0.3) is 0 Å². The van der Waals surface area contributed by atoms with Gasteiger partial charge in [-0.3, -0.25) is 4.79 Å². The van der Waals surface area contributed by atoms with Crippen LogP contribution in [0.2, 0.25) is 36.3 Å². The second-order valence-corrected chi connectivity index (χ2v) is 24.7. The first-order valence-electron chi connectivity index (χ1n) is 15.9. The first-order valence-corrected chi connectivity index (χ1v) is 21.7. The molecule has 2 rings (SSSR count). The van der Waals surface area contributed by atoms with Gasteiger partial charge in [-0.2, -0.15) is 0 Å². The standard InChI is InChI=1S/C33H62O5Si2/c1-13-14-15-18-25(37-39(9,10)32(2,3)4)21-22-27-28-23-26(19-16-17-20-31(34)35-8)36-29(28)24-30(27)38-40(11,12)33(5,6)7/h19,21-22,25,27-30H,13-18,20,23-24H2,1-12H3/b22-21+,26-19-/t25-,27+,28?,29?,30+/m0/s1. The van der Waals surface area contributed by atoms with E-state index in [0.717, 1.165) is 37.9 Å². The molecule has 0 radical (unpaired) electrons. The molecule has 7 heteroatoms. The van der Waals surface area contributed by atoms with Gasteiger partial charge in [0, 0.05) is 31.1 Å². The van der Waals surface area contributed by atoms with Crippen molar-refractivity contribution in [3.05, 3.63) is 24.0 Å². The smallest absolute Gasteiger partial charge is 0.305 e. The molecular formula is C33H62O5Si2. The van der Waals surface area contributed by atoms with Gasteiger partial charge in [0.2, 0.25) is 0 Å². The lowest BCUT2D eigenvalue weighted by Crippen LogP contribution is -2.45. The predicted molar refractivity (Wildman–Crippen MR) is 172 cm³/mol. The summed E-state index contributed by atoms with van der Waals surface area (Å²) in [5, 5.41) is 0.349. The van der Waals surface area contributed by atoms with Gasteiger partial charge in [0.15, 0.2) is 16.6 Å². The van der Waals surface area contributed by atoms with E-state index in [1.54, 1.807) is 0 Å². The molecule has 0 spiro atoms. The number of carbonyl (C=O) groups excluding carboxylic acids is 1. The van der Waals surface area contributed by atoms with Crippen LogP contribution in [-0.2, 0) is 23.1 Å². The van der Waals surface area contributed by atoms with Crippen LogP contribution in [0.15, 0.2) is 24.0 Å². The number of unbranched alkanes of at least 4 members (excludes halogenated alkanes) is 3. The van der Waals surface area contributed by atoms with Crippen molar-refractivity contribution in [3.8, 4) is 0 Å². The fourth-order valence-corrected chi connectivity index (χ4v) is 7.92. The number of rotatable bonds is 14. The van der Waals surface area contributed by atoms with Gasteiger partial charge in [-0.05, 0) is 61.6 Å². The summed E-state index contributed by atoms with van der Waals surface area (Å²) in [5.41, 5.74) is 0. The third kappa shape index (κ3) is 9.84. The molecule has 232 valence electrons. The molecular weight excluding hydrogens is 533 g/mol. The van der Waals surface area contributed by atoms with Gasteiger partial charge in [0.1, 0.15) is 6.10 Å². The van der Waals surface area contributed by atoms with E-state index in [1.165, 1.54) is 26.4 Å². The van der Waals surface area contributed by atoms with Crippen molar-refractivity contribution < 1.29 is 23.1 Å². The molecule has 2 aliphatic rings. The summed E-state index contributed by atoms with van der Waals surface area (Å²) in [5.74, 6) is 1.67. The Labute approximate surface area is 249 Å². The van der Waals surface area contributed by atoms with E-state index in [-0.39, 0.29) is 34.4 Å². The molecule has 0 aromatic heterocycles. The van der Waals surface area contributed by atoms with Gasteiger partial charge in [-0.1, -0.05) is 79.9 Å². The lowest BCUT2D eigenvalue weighted by molar-refractivity contribution is -0.140. The maximum absolute atomic E-state index is 11.5. The van der Waals surface area contributed by atoms with E-state index >= 15 is 0 Å². The van der Waals surface area contributed by atoms with Gasteiger partial charge < -0.3 is 18.3 Å². The molecule has 1 heterocycles. The van der Waals surface area contributed by atoms with Crippen LogP contribution in [0, 0.1) is 11.8 Å². The Balaban J connectivity index is 2.27. The minimum absolute atomic E-state index is 0.146. The highest BCUT2D eigenvalue weighted by Gasteiger charge is 2.51. The molecule has 0 bridgehead atoms. The Bertz CT molecular complexity index is 865. The zero-order chi connectivity index (χ0) is 30.4. The van der Waals surface area contributed by atoms with Crippen molar-refractivity contribution in [2.24, 2.45) is 11.8 Å². The molecule has 2 fully saturated rings. The van der Waals surface area contributed by atoms with Gasteiger partial charge in [0.25, 0.3) is 0 Å². The summed E-state index contributed by atoms with van der Waals surface area (Å²) in [4.78, 5) is 11.5. The molecule has 1 aliphatic carbocycles. The second kappa shape index (κ2) is 14.5. The maximum Gasteiger partial charge on any atom is 0.305 e. The fraction of sp³-hybridized carbons (Fsp3) is 0.848. The summed E-state index contributed by atoms with van der Waals surface area (Å²) in [6, 6.07) is 0. The number of esters is 1. The summed E-state index contributed by atoms with van der Waals surface area (Å²) < 4.78 is 25.3. The molecule has 0 aromatic rings. The van der Waals surface area contributed by atoms with E-state index in [0.29, 0.717) is 18.3 Å². The van der Waals surface area contributed by atoms with Gasteiger partial charge in [0.05, 0.1) is 25.1 Å². The Morgan fingerprint density at radius 3 is 2.25 bits per heavy atom. The zero-order valence-corrected chi connectivity index (χ0v) is 30.0. The van der Waals surface area contributed by atoms with Crippen LogP contribution in [0.3, 0.4) is 0 Å². The summed E-state index contributed by atoms with van der Waals surface area (Å²) in [7, 11) is -2.38. The highest BCUT2D eigenvalue weighted by molar-refractivity contribution is 6.74. The van der Waals surface area contributed by atoms with E-state index in [2.05, 4.69) is 92.9 Å². The third-order valence-corrected chi connectivity index (χ3v) is 18.9. The van der Waals surface area contributed by atoms with Crippen molar-refractivity contribution in [1.29, 1.82) is 0 Å². The van der Waals surface area contributed by atoms with Crippen LogP contribution >= 0.6 is 0 Å². The maximum atomic E-state index is 11.5. The first kappa shape index (κ1) is 35.3. The highest BCUT2D eigenvalue weighted by atomic mass is 28.4. The Morgan fingerprint density at radius 1 is 1.02 bits per heavy atom. The topological polar surface area (TPSA) is 54.0 Å². The third-order valence-electron chi connectivity index (χ3n) is 9.93. The normalized spacial score (nSPS) is 25.9. The van der Waals surface area contributed by atoms with Crippen LogP contribution < -0.4 is 0 Å². The Kier molecular flexibility index (Phi) is 12.8. The van der Waals surface area contributed by atoms with E-state index in [1.807, 2.05) is 0 Å². The molecule has 1 saturated carbocycles. The number of methoxy groups -OCH3 is 1. The van der Waals surface area contributed by atoms with Crippen molar-refractivity contribution in [1.82, 2.24) is 0 Å². The lowest BCUT2D eigenvalue weighted by atomic mass is 9.90. The van der Waals surface area contributed by atoms with Crippen molar-refractivity contribution in [2.75, 3.05) is 7.11 Å². The summed E-state index contributed by atoms with van der Waals surface area (Å²) >= 11 is 0. The van der Waals surface area contributed by atoms with Gasteiger partial charge in [-0.15, -0.1) is 0 Å². The van der Waals surface area contributed by atoms with Crippen LogP contribution in [0.4, 0.5) is 0 Å². The van der Waals surface area contributed by atoms with Crippen molar-refractivity contribution >= 4 is 22.6 Å². The van der Waals surface area contributed by atoms with E-state index in [4.69, 9.17) is 18.3 Å². The number of carbonyl (C=O) groups is 1. The summed E-state index contributed by atoms with van der Waals surface area (Å²) in [6.07, 6.45) is 16.3. The van der Waals surface area contributed by atoms with Crippen LogP contribution in [0.5, 0.6) is 0 Å². The van der Waals surface area contributed by atoms with Crippen LogP contribution in [0.1, 0.15) is 106 Å². The molecule has 0 aromatic carbocycles. The molecule has 0 N–H and O–H groups in total. The van der Waals surface area contributed by atoms with Gasteiger partial charge in [-0.25, -0.2) is 0 Å². The predicted octanol–water partition coefficient (Wildman–Crippen LogP) is 9.56. The van der Waals surface area contributed by atoms with Crippen molar-refractivity contribution in [3.63, 3.8) is 0 Å². The SMILES string of the molecule is CCCCC[C@@H](/C=C/[C@@H]1C2C/C(=C/CCCC(=O)OC)OC2C[C@H]1O[Si](C)(C)C(C)(C)C)O[Si](C)(C)C(C)(C)C. The quantitative estimate of drug-likeness (QED) is 0.0867. The molecule has 2 unspecified atom stereocenters. The lowest BCUT2D eigenvalue weighted by Gasteiger charge is -2.40. The highest BCUT2D eigenvalue weighted by Crippen LogP contribution is 2.49. The first-order chi connectivity index (χ1) is 18.4.